The molecule has 0 aliphatic heterocycles. The molecule has 0 amide bonds. The van der Waals surface area contributed by atoms with Gasteiger partial charge < -0.3 is 0 Å². The van der Waals surface area contributed by atoms with Crippen molar-refractivity contribution < 1.29 is 0 Å². The van der Waals surface area contributed by atoms with E-state index in [-0.39, 0.29) is 10.8 Å². The average Bonchev–Trinajstić information content (AvgIpc) is 3.08. The second-order valence-corrected chi connectivity index (χ2v) is 13.1. The maximum atomic E-state index is 4.93. The van der Waals surface area contributed by atoms with Crippen molar-refractivity contribution in [3.63, 3.8) is 0 Å². The van der Waals surface area contributed by atoms with E-state index in [1.54, 1.807) is 0 Å². The zero-order valence-corrected chi connectivity index (χ0v) is 24.3. The highest BCUT2D eigenvalue weighted by atomic mass is 79.9. The molecular formula is C31H30Br2N2. The molecular weight excluding hydrogens is 560 g/mol. The molecule has 0 unspecified atom stereocenters. The third kappa shape index (κ3) is 3.99. The highest BCUT2D eigenvalue weighted by Gasteiger charge is 2.48. The summed E-state index contributed by atoms with van der Waals surface area (Å²) >= 11 is 7.19. The zero-order valence-electron chi connectivity index (χ0n) is 21.1. The van der Waals surface area contributed by atoms with Gasteiger partial charge in [-0.1, -0.05) is 102 Å². The van der Waals surface area contributed by atoms with E-state index < -0.39 is 5.41 Å². The first kappa shape index (κ1) is 24.4. The third-order valence-electron chi connectivity index (χ3n) is 7.12. The Hall–Kier alpha value is -2.30. The van der Waals surface area contributed by atoms with Crippen LogP contribution in [-0.2, 0) is 16.2 Å². The molecule has 1 aliphatic carbocycles. The monoisotopic (exact) mass is 588 g/mol. The largest absolute Gasteiger partial charge is 0.239 e. The van der Waals surface area contributed by atoms with E-state index in [1.165, 1.54) is 22.3 Å². The van der Waals surface area contributed by atoms with Crippen LogP contribution in [0.25, 0.3) is 11.4 Å². The van der Waals surface area contributed by atoms with Gasteiger partial charge in [-0.05, 0) is 88.2 Å². The second-order valence-electron chi connectivity index (χ2n) is 11.5. The number of rotatable bonds is 2. The van der Waals surface area contributed by atoms with Crippen LogP contribution in [0.4, 0.5) is 0 Å². The number of benzene rings is 2. The normalized spacial score (nSPS) is 14.5. The summed E-state index contributed by atoms with van der Waals surface area (Å²) in [4.78, 5) is 9.86. The first-order valence-corrected chi connectivity index (χ1v) is 13.6. The summed E-state index contributed by atoms with van der Waals surface area (Å²) in [5.74, 6) is 0. The fraction of sp³-hybridized carbons (Fsp3) is 0.290. The van der Waals surface area contributed by atoms with Gasteiger partial charge in [0.1, 0.15) is 9.21 Å². The van der Waals surface area contributed by atoms with Crippen LogP contribution < -0.4 is 0 Å². The second kappa shape index (κ2) is 8.38. The molecule has 35 heavy (non-hydrogen) atoms. The van der Waals surface area contributed by atoms with E-state index in [1.807, 2.05) is 12.1 Å². The van der Waals surface area contributed by atoms with E-state index in [9.17, 15) is 0 Å². The standard InChI is InChI=1S/C31H30Br2N2/c1-29(2,3)19-7-11-21(12-8-19)31(22-13-9-20(10-14-22)30(4,5)6)23-15-17-25(32)34-27(23)28-24(31)16-18-26(33)35-28/h7-18H,1-6H3. The van der Waals surface area contributed by atoms with Gasteiger partial charge in [0.05, 0.1) is 16.8 Å². The summed E-state index contributed by atoms with van der Waals surface area (Å²) in [6, 6.07) is 26.8. The minimum absolute atomic E-state index is 0.0877. The first-order valence-electron chi connectivity index (χ1n) is 12.0. The topological polar surface area (TPSA) is 25.8 Å². The molecule has 1 aliphatic rings. The minimum Gasteiger partial charge on any atom is -0.239 e. The molecule has 2 heterocycles. The summed E-state index contributed by atoms with van der Waals surface area (Å²) in [6.07, 6.45) is 0. The van der Waals surface area contributed by atoms with E-state index in [2.05, 4.69) is 134 Å². The predicted molar refractivity (Wildman–Crippen MR) is 152 cm³/mol. The fourth-order valence-corrected chi connectivity index (χ4v) is 5.83. The Morgan fingerprint density at radius 1 is 0.514 bits per heavy atom. The van der Waals surface area contributed by atoms with Gasteiger partial charge in [-0.3, -0.25) is 0 Å². The lowest BCUT2D eigenvalue weighted by Gasteiger charge is -2.34. The number of nitrogens with zero attached hydrogens (tertiary/aromatic N) is 2. The molecule has 0 spiro atoms. The zero-order chi connectivity index (χ0) is 25.2. The van der Waals surface area contributed by atoms with E-state index in [0.717, 1.165) is 31.7 Å². The van der Waals surface area contributed by atoms with Crippen molar-refractivity contribution in [3.05, 3.63) is 115 Å². The van der Waals surface area contributed by atoms with Gasteiger partial charge in [-0.25, -0.2) is 9.97 Å². The van der Waals surface area contributed by atoms with Crippen molar-refractivity contribution in [3.8, 4) is 11.4 Å². The summed E-state index contributed by atoms with van der Waals surface area (Å²) in [6.45, 7) is 13.5. The molecule has 2 aromatic carbocycles. The number of halogens is 2. The Kier molecular flexibility index (Phi) is 5.84. The summed E-state index contributed by atoms with van der Waals surface area (Å²) in [7, 11) is 0. The average molecular weight is 590 g/mol. The maximum absolute atomic E-state index is 4.93. The van der Waals surface area contributed by atoms with Crippen molar-refractivity contribution in [2.45, 2.75) is 57.8 Å². The molecule has 2 nitrogen and oxygen atoms in total. The number of pyridine rings is 2. The number of hydrogen-bond donors (Lipinski definition) is 0. The van der Waals surface area contributed by atoms with Crippen molar-refractivity contribution in [1.82, 2.24) is 9.97 Å². The molecule has 2 aromatic heterocycles. The van der Waals surface area contributed by atoms with Crippen molar-refractivity contribution in [2.24, 2.45) is 0 Å². The van der Waals surface area contributed by atoms with Crippen LogP contribution >= 0.6 is 31.9 Å². The Balaban J connectivity index is 1.86. The Morgan fingerprint density at radius 2 is 0.857 bits per heavy atom. The molecule has 4 heteroatoms. The van der Waals surface area contributed by atoms with E-state index in [0.29, 0.717) is 0 Å². The SMILES string of the molecule is CC(C)(C)c1ccc(C2(c3ccc(C(C)(C)C)cc3)c3ccc(Br)nc3-c3nc(Br)ccc32)cc1. The van der Waals surface area contributed by atoms with Crippen LogP contribution in [0.1, 0.15) is 74.9 Å². The van der Waals surface area contributed by atoms with Gasteiger partial charge in [0.15, 0.2) is 0 Å². The van der Waals surface area contributed by atoms with Gasteiger partial charge in [0.2, 0.25) is 0 Å². The molecule has 0 fully saturated rings. The van der Waals surface area contributed by atoms with Gasteiger partial charge in [-0.2, -0.15) is 0 Å². The molecule has 0 saturated carbocycles. The van der Waals surface area contributed by atoms with E-state index in [4.69, 9.17) is 9.97 Å². The molecule has 0 atom stereocenters. The van der Waals surface area contributed by atoms with Gasteiger partial charge in [0.25, 0.3) is 0 Å². The van der Waals surface area contributed by atoms with Crippen LogP contribution in [0.15, 0.2) is 82.0 Å². The highest BCUT2D eigenvalue weighted by molar-refractivity contribution is 9.10. The molecule has 0 bridgehead atoms. The smallest absolute Gasteiger partial charge is 0.106 e. The Labute approximate surface area is 225 Å². The Morgan fingerprint density at radius 3 is 1.17 bits per heavy atom. The lowest BCUT2D eigenvalue weighted by molar-refractivity contribution is 0.588. The number of aromatic nitrogens is 2. The number of hydrogen-bond acceptors (Lipinski definition) is 2. The van der Waals surface area contributed by atoms with Crippen LogP contribution in [0, 0.1) is 0 Å². The highest BCUT2D eigenvalue weighted by Crippen LogP contribution is 2.55. The number of fused-ring (bicyclic) bond motifs is 3. The van der Waals surface area contributed by atoms with Crippen LogP contribution in [0.5, 0.6) is 0 Å². The molecule has 178 valence electrons. The van der Waals surface area contributed by atoms with Crippen LogP contribution in [0.3, 0.4) is 0 Å². The maximum Gasteiger partial charge on any atom is 0.106 e. The summed E-state index contributed by atoms with van der Waals surface area (Å²) in [5, 5.41) is 0. The van der Waals surface area contributed by atoms with Crippen molar-refractivity contribution in [2.75, 3.05) is 0 Å². The summed E-state index contributed by atoms with van der Waals surface area (Å²) in [5.41, 5.74) is 8.94. The predicted octanol–water partition coefficient (Wildman–Crippen LogP) is 8.96. The fourth-order valence-electron chi connectivity index (χ4n) is 5.21. The molecule has 4 aromatic rings. The van der Waals surface area contributed by atoms with Crippen molar-refractivity contribution in [1.29, 1.82) is 0 Å². The van der Waals surface area contributed by atoms with Crippen LogP contribution in [0.2, 0.25) is 0 Å². The molecule has 0 radical (unpaired) electrons. The van der Waals surface area contributed by atoms with Crippen molar-refractivity contribution >= 4 is 31.9 Å². The first-order chi connectivity index (χ1) is 16.4. The van der Waals surface area contributed by atoms with E-state index >= 15 is 0 Å². The Bertz CT molecular complexity index is 1300. The van der Waals surface area contributed by atoms with Gasteiger partial charge in [-0.15, -0.1) is 0 Å². The lowest BCUT2D eigenvalue weighted by Crippen LogP contribution is -2.29. The van der Waals surface area contributed by atoms with Crippen LogP contribution in [-0.4, -0.2) is 9.97 Å². The van der Waals surface area contributed by atoms with Gasteiger partial charge in [0, 0.05) is 0 Å². The molecule has 5 rings (SSSR count). The minimum atomic E-state index is -0.501. The summed E-state index contributed by atoms with van der Waals surface area (Å²) < 4.78 is 1.62. The third-order valence-corrected chi connectivity index (χ3v) is 8.01. The quantitative estimate of drug-likeness (QED) is 0.192. The van der Waals surface area contributed by atoms with Gasteiger partial charge >= 0.3 is 0 Å². The molecule has 0 saturated heterocycles. The lowest BCUT2D eigenvalue weighted by atomic mass is 9.67. The molecule has 0 N–H and O–H groups in total.